The van der Waals surface area contributed by atoms with Crippen LogP contribution in [0.2, 0.25) is 0 Å². The fraction of sp³-hybridized carbons (Fsp3) is 0.412. The van der Waals surface area contributed by atoms with E-state index in [2.05, 4.69) is 10.6 Å². The summed E-state index contributed by atoms with van der Waals surface area (Å²) < 4.78 is 36.5. The number of aliphatic carboxylic acids is 2. The Labute approximate surface area is 183 Å². The second kappa shape index (κ2) is 15.2. The number of carboxylic acids is 2. The summed E-state index contributed by atoms with van der Waals surface area (Å²) in [4.78, 5) is 42.6. The zero-order valence-electron chi connectivity index (χ0n) is 16.2. The molecule has 4 N–H and O–H groups in total. The van der Waals surface area contributed by atoms with Gasteiger partial charge in [-0.05, 0) is 25.1 Å². The van der Waals surface area contributed by atoms with Crippen molar-refractivity contribution in [3.8, 4) is 0 Å². The monoisotopic (exact) mass is 486 g/mol. The van der Waals surface area contributed by atoms with Crippen LogP contribution in [0.15, 0.2) is 24.3 Å². The Bertz CT molecular complexity index is 749. The van der Waals surface area contributed by atoms with E-state index in [1.807, 2.05) is 0 Å². The Hall–Kier alpha value is -2.61. The molecule has 0 unspecified atom stereocenters. The highest BCUT2D eigenvalue weighted by atomic mass is 33.1. The van der Waals surface area contributed by atoms with Gasteiger partial charge in [0.2, 0.25) is 0 Å². The van der Waals surface area contributed by atoms with Crippen LogP contribution in [0, 0.1) is 0 Å². The van der Waals surface area contributed by atoms with Gasteiger partial charge in [-0.1, -0.05) is 27.7 Å². The lowest BCUT2D eigenvalue weighted by Gasteiger charge is -2.08. The number of carbonyl (C=O) groups excluding carboxylic acids is 2. The maximum atomic E-state index is 12.0. The van der Waals surface area contributed by atoms with E-state index in [1.165, 1.54) is 21.6 Å². The van der Waals surface area contributed by atoms with Crippen molar-refractivity contribution < 1.29 is 47.3 Å². The molecule has 0 fully saturated rings. The largest absolute Gasteiger partial charge is 0.490 e. The molecule has 0 aliphatic rings. The minimum Gasteiger partial charge on any atom is -0.481 e. The molecule has 1 aromatic rings. The van der Waals surface area contributed by atoms with Crippen LogP contribution in [0.1, 0.15) is 23.7 Å². The van der Waals surface area contributed by atoms with Crippen molar-refractivity contribution in [3.05, 3.63) is 29.8 Å². The van der Waals surface area contributed by atoms with Gasteiger partial charge in [0, 0.05) is 29.3 Å². The molecule has 174 valence electrons. The first-order chi connectivity index (χ1) is 14.5. The zero-order valence-corrected chi connectivity index (χ0v) is 17.9. The Kier molecular flexibility index (Phi) is 13.9. The molecule has 0 saturated heterocycles. The van der Waals surface area contributed by atoms with Crippen LogP contribution in [-0.4, -0.2) is 65.0 Å². The van der Waals surface area contributed by atoms with E-state index in [9.17, 15) is 27.6 Å². The second-order valence-corrected chi connectivity index (χ2v) is 7.97. The first-order valence-electron chi connectivity index (χ1n) is 8.55. The van der Waals surface area contributed by atoms with Crippen molar-refractivity contribution in [1.82, 2.24) is 5.32 Å². The summed E-state index contributed by atoms with van der Waals surface area (Å²) in [5, 5.41) is 20.9. The Morgan fingerprint density at radius 1 is 1.10 bits per heavy atom. The highest BCUT2D eigenvalue weighted by molar-refractivity contribution is 8.76. The third-order valence-corrected chi connectivity index (χ3v) is 5.25. The Morgan fingerprint density at radius 2 is 1.71 bits per heavy atom. The summed E-state index contributed by atoms with van der Waals surface area (Å²) in [6.07, 6.45) is -5.52. The average molecular weight is 486 g/mol. The fourth-order valence-electron chi connectivity index (χ4n) is 1.58. The molecule has 0 saturated carbocycles. The molecule has 0 atom stereocenters. The topological polar surface area (TPSA) is 142 Å². The highest BCUT2D eigenvalue weighted by Crippen LogP contribution is 2.21. The molecule has 1 rings (SSSR count). The van der Waals surface area contributed by atoms with E-state index in [0.29, 0.717) is 29.3 Å². The van der Waals surface area contributed by atoms with Crippen LogP contribution < -0.4 is 10.6 Å². The molecule has 2 amide bonds. The lowest BCUT2D eigenvalue weighted by atomic mass is 10.2. The van der Waals surface area contributed by atoms with E-state index in [0.717, 1.165) is 0 Å². The number of hydrogen-bond donors (Lipinski definition) is 4. The molecule has 0 heterocycles. The van der Waals surface area contributed by atoms with Crippen LogP contribution in [0.25, 0.3) is 0 Å². The van der Waals surface area contributed by atoms with E-state index in [1.54, 1.807) is 31.2 Å². The number of ether oxygens (including phenoxy) is 1. The fourth-order valence-corrected chi connectivity index (χ4v) is 3.46. The van der Waals surface area contributed by atoms with Gasteiger partial charge < -0.3 is 20.3 Å². The number of halogens is 3. The van der Waals surface area contributed by atoms with Gasteiger partial charge in [0.15, 0.2) is 0 Å². The molecule has 14 heteroatoms. The first-order valence-corrected chi connectivity index (χ1v) is 11.0. The van der Waals surface area contributed by atoms with E-state index in [4.69, 9.17) is 19.7 Å². The van der Waals surface area contributed by atoms with Crippen LogP contribution in [0.3, 0.4) is 0 Å². The summed E-state index contributed by atoms with van der Waals surface area (Å²) in [5.74, 6) is -2.59. The molecule has 31 heavy (non-hydrogen) atoms. The number of benzene rings is 1. The third kappa shape index (κ3) is 14.9. The lowest BCUT2D eigenvalue weighted by molar-refractivity contribution is -0.192. The van der Waals surface area contributed by atoms with Crippen molar-refractivity contribution in [2.45, 2.75) is 19.5 Å². The van der Waals surface area contributed by atoms with Gasteiger partial charge in [0.05, 0.1) is 13.0 Å². The Morgan fingerprint density at radius 3 is 2.26 bits per heavy atom. The third-order valence-electron chi connectivity index (χ3n) is 2.84. The molecular formula is C17H21F3N2O7S2. The van der Waals surface area contributed by atoms with E-state index < -0.39 is 24.2 Å². The van der Waals surface area contributed by atoms with Gasteiger partial charge in [-0.25, -0.2) is 9.59 Å². The number of carboxylic acid groups (broad SMARTS) is 2. The van der Waals surface area contributed by atoms with Gasteiger partial charge in [-0.15, -0.1) is 0 Å². The molecule has 0 aliphatic heterocycles. The minimum absolute atomic E-state index is 0.129. The molecule has 0 aromatic heterocycles. The SMILES string of the molecule is CCOC(=O)Nc1cccc(C(=O)NCCSSCCC(=O)O)c1.O=C(O)C(F)(F)F. The van der Waals surface area contributed by atoms with Crippen LogP contribution in [-0.2, 0) is 14.3 Å². The Balaban J connectivity index is 0.00000110. The van der Waals surface area contributed by atoms with Crippen LogP contribution in [0.4, 0.5) is 23.7 Å². The molecule has 0 aliphatic carbocycles. The number of nitrogens with one attached hydrogen (secondary N) is 2. The van der Waals surface area contributed by atoms with Gasteiger partial charge in [0.1, 0.15) is 0 Å². The number of carbonyl (C=O) groups is 4. The lowest BCUT2D eigenvalue weighted by Crippen LogP contribution is -2.25. The molecule has 0 radical (unpaired) electrons. The van der Waals surface area contributed by atoms with Crippen LogP contribution >= 0.6 is 21.6 Å². The van der Waals surface area contributed by atoms with Crippen LogP contribution in [0.5, 0.6) is 0 Å². The van der Waals surface area contributed by atoms with E-state index >= 15 is 0 Å². The molecular weight excluding hydrogens is 465 g/mol. The van der Waals surface area contributed by atoms with Crippen molar-refractivity contribution >= 4 is 51.2 Å². The standard InChI is InChI=1S/C15H20N2O5S2.C2HF3O2/c1-2-22-15(21)17-12-5-3-4-11(10-12)14(20)16-7-9-24-23-8-6-13(18)19;3-2(4,5)1(6)7/h3-5,10H,2,6-9H2,1H3,(H,16,20)(H,17,21)(H,18,19);(H,6,7). The van der Waals surface area contributed by atoms with Crippen molar-refractivity contribution in [3.63, 3.8) is 0 Å². The molecule has 9 nitrogen and oxygen atoms in total. The number of anilines is 1. The second-order valence-electron chi connectivity index (χ2n) is 5.27. The quantitative estimate of drug-likeness (QED) is 0.289. The van der Waals surface area contributed by atoms with Gasteiger partial charge in [-0.3, -0.25) is 14.9 Å². The normalized spacial score (nSPS) is 10.3. The molecule has 0 spiro atoms. The first kappa shape index (κ1) is 28.4. The maximum absolute atomic E-state index is 12.0. The van der Waals surface area contributed by atoms with Gasteiger partial charge >= 0.3 is 24.2 Å². The van der Waals surface area contributed by atoms with Gasteiger partial charge in [-0.2, -0.15) is 13.2 Å². The van der Waals surface area contributed by atoms with Crippen molar-refractivity contribution in [2.75, 3.05) is 30.0 Å². The summed E-state index contributed by atoms with van der Waals surface area (Å²) in [6.45, 7) is 2.45. The minimum atomic E-state index is -5.08. The molecule has 0 bridgehead atoms. The summed E-state index contributed by atoms with van der Waals surface area (Å²) >= 11 is 0. The maximum Gasteiger partial charge on any atom is 0.490 e. The predicted octanol–water partition coefficient (Wildman–Crippen LogP) is 3.47. The van der Waals surface area contributed by atoms with Gasteiger partial charge in [0.25, 0.3) is 5.91 Å². The summed E-state index contributed by atoms with van der Waals surface area (Å²) in [6, 6.07) is 6.57. The summed E-state index contributed by atoms with van der Waals surface area (Å²) in [5.41, 5.74) is 0.924. The number of amides is 2. The number of rotatable bonds is 10. The highest BCUT2D eigenvalue weighted by Gasteiger charge is 2.38. The van der Waals surface area contributed by atoms with Crippen molar-refractivity contribution in [2.24, 2.45) is 0 Å². The molecule has 1 aromatic carbocycles. The average Bonchev–Trinajstić information content (AvgIpc) is 2.67. The zero-order chi connectivity index (χ0) is 23.9. The summed E-state index contributed by atoms with van der Waals surface area (Å²) in [7, 11) is 2.98. The van der Waals surface area contributed by atoms with E-state index in [-0.39, 0.29) is 18.9 Å². The smallest absolute Gasteiger partial charge is 0.481 e. The van der Waals surface area contributed by atoms with Crippen molar-refractivity contribution in [1.29, 1.82) is 0 Å². The number of hydrogen-bond acceptors (Lipinski definition) is 7. The number of alkyl halides is 3. The predicted molar refractivity (Wildman–Crippen MR) is 110 cm³/mol.